The van der Waals surface area contributed by atoms with E-state index in [1.807, 2.05) is 24.3 Å². The van der Waals surface area contributed by atoms with Crippen molar-refractivity contribution in [3.05, 3.63) is 93.0 Å². The summed E-state index contributed by atoms with van der Waals surface area (Å²) < 4.78 is 12.3. The number of carbonyl (C=O) groups is 5. The monoisotopic (exact) mass is 778 g/mol. The van der Waals surface area contributed by atoms with E-state index in [0.29, 0.717) is 52.7 Å². The van der Waals surface area contributed by atoms with Gasteiger partial charge in [-0.05, 0) is 105 Å². The van der Waals surface area contributed by atoms with Gasteiger partial charge in [-0.3, -0.25) is 39.1 Å². The number of hydrogen-bond donors (Lipinski definition) is 2. The Hall–Kier alpha value is -5.29. The summed E-state index contributed by atoms with van der Waals surface area (Å²) in [6, 6.07) is 17.6. The first kappa shape index (κ1) is 37.6. The zero-order valence-corrected chi connectivity index (χ0v) is 31.9. The fraction of sp³-hybridized carbons (Fsp3) is 0.429. The summed E-state index contributed by atoms with van der Waals surface area (Å²) >= 11 is 6.15. The minimum atomic E-state index is -0.983. The summed E-state index contributed by atoms with van der Waals surface area (Å²) in [5.41, 5.74) is 4.29. The van der Waals surface area contributed by atoms with Crippen molar-refractivity contribution in [2.75, 3.05) is 31.6 Å². The maximum atomic E-state index is 13.4. The molecule has 5 aliphatic rings. The number of fused-ring (bicyclic) bond motifs is 2. The van der Waals surface area contributed by atoms with Gasteiger partial charge in [0.25, 0.3) is 17.7 Å². The molecule has 14 heteroatoms. The number of piperidine rings is 2. The minimum Gasteiger partial charge on any atom is -0.490 e. The van der Waals surface area contributed by atoms with Gasteiger partial charge in [-0.25, -0.2) is 0 Å². The van der Waals surface area contributed by atoms with Crippen LogP contribution in [-0.2, 0) is 27.4 Å². The van der Waals surface area contributed by atoms with Crippen molar-refractivity contribution in [1.82, 2.24) is 20.4 Å². The molecule has 3 aromatic carbocycles. The van der Waals surface area contributed by atoms with Crippen molar-refractivity contribution in [2.24, 2.45) is 0 Å². The predicted octanol–water partition coefficient (Wildman–Crippen LogP) is 4.73. The average molecular weight is 779 g/mol. The van der Waals surface area contributed by atoms with E-state index in [1.54, 1.807) is 37.4 Å². The van der Waals surface area contributed by atoms with Crippen molar-refractivity contribution < 1.29 is 33.4 Å². The molecule has 1 aliphatic carbocycles. The number of ether oxygens (including phenoxy) is 2. The molecule has 5 amide bonds. The lowest BCUT2D eigenvalue weighted by molar-refractivity contribution is -0.136. The van der Waals surface area contributed by atoms with Gasteiger partial charge in [0.15, 0.2) is 0 Å². The number of nitrogens with zero attached hydrogens (tertiary/aromatic N) is 4. The van der Waals surface area contributed by atoms with Gasteiger partial charge in [-0.2, -0.15) is 5.26 Å². The summed E-state index contributed by atoms with van der Waals surface area (Å²) in [4.78, 5) is 69.6. The molecule has 1 unspecified atom stereocenters. The van der Waals surface area contributed by atoms with Crippen LogP contribution in [0.5, 0.6) is 5.75 Å². The van der Waals surface area contributed by atoms with Crippen molar-refractivity contribution in [2.45, 2.75) is 88.2 Å². The van der Waals surface area contributed by atoms with Gasteiger partial charge >= 0.3 is 0 Å². The molecular formula is C42H43ClN6O7. The Kier molecular flexibility index (Phi) is 10.3. The van der Waals surface area contributed by atoms with Crippen LogP contribution >= 0.6 is 11.6 Å². The van der Waals surface area contributed by atoms with Crippen LogP contribution in [0, 0.1) is 11.3 Å². The Balaban J connectivity index is 0.811. The second kappa shape index (κ2) is 15.3. The average Bonchev–Trinajstić information content (AvgIpc) is 3.70. The van der Waals surface area contributed by atoms with Crippen molar-refractivity contribution in [1.29, 1.82) is 5.26 Å². The zero-order valence-electron chi connectivity index (χ0n) is 31.1. The third-order valence-corrected chi connectivity index (χ3v) is 12.3. The van der Waals surface area contributed by atoms with Crippen LogP contribution in [0.3, 0.4) is 0 Å². The highest BCUT2D eigenvalue weighted by Crippen LogP contribution is 2.37. The molecule has 2 N–H and O–H groups in total. The van der Waals surface area contributed by atoms with Gasteiger partial charge in [0.2, 0.25) is 11.8 Å². The van der Waals surface area contributed by atoms with E-state index in [2.05, 4.69) is 26.5 Å². The van der Waals surface area contributed by atoms with Gasteiger partial charge in [0, 0.05) is 69.6 Å². The first-order valence-electron chi connectivity index (χ1n) is 19.2. The third kappa shape index (κ3) is 7.36. The van der Waals surface area contributed by atoms with Crippen LogP contribution in [0.2, 0.25) is 5.02 Å². The lowest BCUT2D eigenvalue weighted by Crippen LogP contribution is -2.54. The highest BCUT2D eigenvalue weighted by Gasteiger charge is 2.46. The predicted molar refractivity (Wildman–Crippen MR) is 205 cm³/mol. The summed E-state index contributed by atoms with van der Waals surface area (Å²) in [5.74, 6) is -1.44. The van der Waals surface area contributed by atoms with E-state index in [9.17, 15) is 24.0 Å². The number of imide groups is 2. The van der Waals surface area contributed by atoms with E-state index < -0.39 is 29.7 Å². The molecule has 4 heterocycles. The summed E-state index contributed by atoms with van der Waals surface area (Å²) in [6.07, 6.45) is 5.08. The lowest BCUT2D eigenvalue weighted by atomic mass is 9.90. The van der Waals surface area contributed by atoms with Crippen molar-refractivity contribution in [3.63, 3.8) is 0 Å². The van der Waals surface area contributed by atoms with Crippen LogP contribution in [0.1, 0.15) is 99.1 Å². The lowest BCUT2D eigenvalue weighted by Gasteiger charge is -2.43. The Bertz CT molecular complexity index is 2090. The van der Waals surface area contributed by atoms with E-state index in [-0.39, 0.29) is 36.5 Å². The normalized spacial score (nSPS) is 23.3. The van der Waals surface area contributed by atoms with Crippen LogP contribution in [0.4, 0.5) is 5.69 Å². The minimum absolute atomic E-state index is 0.0286. The molecule has 2 saturated heterocycles. The maximum Gasteiger partial charge on any atom is 0.262 e. The van der Waals surface area contributed by atoms with Gasteiger partial charge in [0.05, 0.1) is 33.4 Å². The van der Waals surface area contributed by atoms with Crippen molar-refractivity contribution in [3.8, 4) is 11.8 Å². The number of halogens is 1. The molecule has 290 valence electrons. The van der Waals surface area contributed by atoms with Crippen LogP contribution in [0.25, 0.3) is 0 Å². The summed E-state index contributed by atoms with van der Waals surface area (Å²) in [5, 5.41) is 14.9. The molecule has 8 rings (SSSR count). The van der Waals surface area contributed by atoms with E-state index in [4.69, 9.17) is 26.3 Å². The largest absolute Gasteiger partial charge is 0.490 e. The highest BCUT2D eigenvalue weighted by atomic mass is 35.5. The molecule has 13 nitrogen and oxygen atoms in total. The molecule has 4 aliphatic heterocycles. The Morgan fingerprint density at radius 3 is 2.18 bits per heavy atom. The molecule has 3 fully saturated rings. The molecule has 0 aromatic heterocycles. The molecule has 0 bridgehead atoms. The van der Waals surface area contributed by atoms with Gasteiger partial charge in [-0.15, -0.1) is 0 Å². The summed E-state index contributed by atoms with van der Waals surface area (Å²) in [7, 11) is 1.76. The van der Waals surface area contributed by atoms with E-state index >= 15 is 0 Å². The molecular weight excluding hydrogens is 736 g/mol. The number of nitriles is 1. The molecule has 3 aromatic rings. The number of carbonyl (C=O) groups excluding carboxylic acids is 5. The first-order chi connectivity index (χ1) is 27.0. The summed E-state index contributed by atoms with van der Waals surface area (Å²) in [6.45, 7) is 3.49. The van der Waals surface area contributed by atoms with Crippen LogP contribution in [-0.4, -0.2) is 89.9 Å². The van der Waals surface area contributed by atoms with Gasteiger partial charge in [-0.1, -0.05) is 11.6 Å². The fourth-order valence-electron chi connectivity index (χ4n) is 8.83. The topological polar surface area (TPSA) is 161 Å². The standard InChI is InChI=1S/C42H43ClN6O7/c1-55-42(24-47-22-27-18-33-34(19-28(27)23-47)41(54)49(40(33)53)36-12-13-37(50)46-39(36)52)14-16-48(17-15-42)30-7-2-25(3-8-30)38(51)45-29-5-10-31(11-6-29)56-32-9-4-26(21-44)35(43)20-32/h2-4,7-9,18-20,29,31,36H,5-6,10-17,22-24H2,1H3,(H,45,51)(H,46,50,52). The van der Waals surface area contributed by atoms with Crippen LogP contribution in [0.15, 0.2) is 54.6 Å². The number of amides is 5. The number of methoxy groups -OCH3 is 1. The fourth-order valence-corrected chi connectivity index (χ4v) is 9.04. The maximum absolute atomic E-state index is 13.4. The first-order valence-corrected chi connectivity index (χ1v) is 19.6. The van der Waals surface area contributed by atoms with Gasteiger partial charge < -0.3 is 19.7 Å². The molecule has 1 atom stereocenters. The smallest absolute Gasteiger partial charge is 0.262 e. The van der Waals surface area contributed by atoms with Crippen molar-refractivity contribution >= 4 is 46.8 Å². The number of anilines is 1. The molecule has 56 heavy (non-hydrogen) atoms. The third-order valence-electron chi connectivity index (χ3n) is 12.0. The number of nitrogens with one attached hydrogen (secondary N) is 2. The Morgan fingerprint density at radius 1 is 0.929 bits per heavy atom. The Morgan fingerprint density at radius 2 is 1.59 bits per heavy atom. The second-order valence-electron chi connectivity index (χ2n) is 15.5. The zero-order chi connectivity index (χ0) is 39.1. The Labute approximate surface area is 329 Å². The van der Waals surface area contributed by atoms with E-state index in [1.165, 1.54) is 0 Å². The molecule has 0 radical (unpaired) electrons. The molecule has 0 spiro atoms. The quantitative estimate of drug-likeness (QED) is 0.291. The second-order valence-corrected chi connectivity index (χ2v) is 15.9. The molecule has 1 saturated carbocycles. The number of hydrogen-bond acceptors (Lipinski definition) is 10. The van der Waals surface area contributed by atoms with E-state index in [0.717, 1.165) is 73.3 Å². The number of benzene rings is 3. The van der Waals surface area contributed by atoms with Crippen LogP contribution < -0.4 is 20.3 Å². The SMILES string of the molecule is COC1(CN2Cc3cc4c(cc3C2)C(=O)N(C2CCC(=O)NC2=O)C4=O)CCN(c2ccc(C(=O)NC3CCC(Oc4ccc(C#N)c(Cl)c4)CC3)cc2)CC1. The van der Waals surface area contributed by atoms with Gasteiger partial charge in [0.1, 0.15) is 17.9 Å². The highest BCUT2D eigenvalue weighted by molar-refractivity contribution is 6.31. The number of rotatable bonds is 9.